The van der Waals surface area contributed by atoms with Crippen molar-refractivity contribution < 1.29 is 14.6 Å². The zero-order chi connectivity index (χ0) is 20.9. The number of hydrogen-bond acceptors (Lipinski definition) is 6. The minimum absolute atomic E-state index is 0.0120. The maximum atomic E-state index is 9.53. The second kappa shape index (κ2) is 7.25. The van der Waals surface area contributed by atoms with Crippen molar-refractivity contribution in [2.24, 2.45) is 10.8 Å². The average molecular weight is 413 g/mol. The van der Waals surface area contributed by atoms with Gasteiger partial charge in [0.05, 0.1) is 38.4 Å². The fourth-order valence-electron chi connectivity index (χ4n) is 4.43. The van der Waals surface area contributed by atoms with Crippen LogP contribution in [-0.4, -0.2) is 68.0 Å². The minimum atomic E-state index is -0.193. The van der Waals surface area contributed by atoms with Gasteiger partial charge in [0, 0.05) is 61.1 Å². The molecule has 162 valence electrons. The average Bonchev–Trinajstić information content (AvgIpc) is 3.32. The smallest absolute Gasteiger partial charge is 0.175 e. The van der Waals surface area contributed by atoms with Crippen LogP contribution >= 0.6 is 0 Å². The third kappa shape index (κ3) is 3.70. The number of aliphatic hydroxyl groups excluding tert-OH is 1. The monoisotopic (exact) mass is 412 g/mol. The summed E-state index contributed by atoms with van der Waals surface area (Å²) in [5.41, 5.74) is 4.71. The highest BCUT2D eigenvalue weighted by molar-refractivity contribution is 5.79. The molecule has 1 saturated carbocycles. The van der Waals surface area contributed by atoms with Crippen LogP contribution in [0.1, 0.15) is 19.8 Å². The fourth-order valence-corrected chi connectivity index (χ4v) is 4.43. The van der Waals surface area contributed by atoms with Gasteiger partial charge in [-0.15, -0.1) is 0 Å². The molecule has 7 heteroatoms. The molecule has 7 nitrogen and oxygen atoms in total. The van der Waals surface area contributed by atoms with Crippen molar-refractivity contribution in [3.63, 3.8) is 0 Å². The molecule has 3 aliphatic rings. The van der Waals surface area contributed by atoms with Gasteiger partial charge in [0.2, 0.25) is 0 Å². The summed E-state index contributed by atoms with van der Waals surface area (Å²) in [7, 11) is 4.12. The molecule has 2 saturated heterocycles. The number of imidazole rings is 1. The van der Waals surface area contributed by atoms with Crippen molar-refractivity contribution >= 4 is 11.4 Å². The molecule has 5 rings (SSSR count). The van der Waals surface area contributed by atoms with E-state index in [9.17, 15) is 5.11 Å². The number of hydrogen-bond donors (Lipinski definition) is 1. The number of rotatable bonds is 6. The van der Waals surface area contributed by atoms with Crippen LogP contribution in [0.25, 0.3) is 11.3 Å². The Bertz CT molecular complexity index is 905. The summed E-state index contributed by atoms with van der Waals surface area (Å²) < 4.78 is 13.9. The van der Waals surface area contributed by atoms with Gasteiger partial charge in [-0.1, -0.05) is 6.92 Å². The standard InChI is InChI=1S/C23H32N4O3/c1-22(13-28)11-27(12-22)17-4-5-18(20(8-17)25(2)3)19-9-26(16-24-19)10-21-29-14-23(6-7-23)15-30-21/h4-5,8-9,16,21,28H,6-7,10-15H2,1-3H3. The SMILES string of the molecule is CN(C)c1cc(N2CC(C)(CO)C2)ccc1-c1cn(CC2OCC3(CC3)CO2)cn1. The van der Waals surface area contributed by atoms with E-state index in [4.69, 9.17) is 9.47 Å². The highest BCUT2D eigenvalue weighted by atomic mass is 16.7. The highest BCUT2D eigenvalue weighted by Crippen LogP contribution is 2.48. The molecule has 2 aliphatic heterocycles. The first-order chi connectivity index (χ1) is 14.4. The van der Waals surface area contributed by atoms with Crippen LogP contribution in [0.15, 0.2) is 30.7 Å². The lowest BCUT2D eigenvalue weighted by molar-refractivity contribution is -0.212. The number of aliphatic hydroxyl groups is 1. The molecule has 3 fully saturated rings. The van der Waals surface area contributed by atoms with Gasteiger partial charge in [-0.3, -0.25) is 0 Å². The van der Waals surface area contributed by atoms with Gasteiger partial charge in [-0.2, -0.15) is 0 Å². The van der Waals surface area contributed by atoms with Gasteiger partial charge >= 0.3 is 0 Å². The molecule has 1 aliphatic carbocycles. The van der Waals surface area contributed by atoms with Crippen molar-refractivity contribution in [3.05, 3.63) is 30.7 Å². The maximum absolute atomic E-state index is 9.53. The third-order valence-corrected chi connectivity index (χ3v) is 6.73. The molecule has 0 amide bonds. The normalized spacial score (nSPS) is 22.2. The third-order valence-electron chi connectivity index (χ3n) is 6.73. The van der Waals surface area contributed by atoms with Crippen molar-refractivity contribution in [1.82, 2.24) is 9.55 Å². The van der Waals surface area contributed by atoms with E-state index in [1.54, 1.807) is 0 Å². The summed E-state index contributed by atoms with van der Waals surface area (Å²) in [5.74, 6) is 0. The predicted octanol–water partition coefficient (Wildman–Crippen LogP) is 2.59. The van der Waals surface area contributed by atoms with Crippen molar-refractivity contribution in [3.8, 4) is 11.3 Å². The molecule has 1 spiro atoms. The van der Waals surface area contributed by atoms with Crippen LogP contribution in [0.5, 0.6) is 0 Å². The van der Waals surface area contributed by atoms with Crippen molar-refractivity contribution in [2.75, 3.05) is 56.8 Å². The topological polar surface area (TPSA) is 63.0 Å². The van der Waals surface area contributed by atoms with Gasteiger partial charge in [-0.05, 0) is 31.0 Å². The van der Waals surface area contributed by atoms with Crippen LogP contribution in [0.3, 0.4) is 0 Å². The van der Waals surface area contributed by atoms with E-state index in [0.29, 0.717) is 12.0 Å². The first kappa shape index (κ1) is 19.8. The predicted molar refractivity (Wildman–Crippen MR) is 117 cm³/mol. The van der Waals surface area contributed by atoms with Crippen LogP contribution in [0, 0.1) is 10.8 Å². The highest BCUT2D eigenvalue weighted by Gasteiger charge is 2.47. The van der Waals surface area contributed by atoms with Crippen LogP contribution in [0.2, 0.25) is 0 Å². The zero-order valence-electron chi connectivity index (χ0n) is 18.2. The van der Waals surface area contributed by atoms with E-state index in [1.807, 2.05) is 6.33 Å². The lowest BCUT2D eigenvalue weighted by Crippen LogP contribution is -2.56. The van der Waals surface area contributed by atoms with Gasteiger partial charge in [0.25, 0.3) is 0 Å². The Kier molecular flexibility index (Phi) is 4.80. The first-order valence-electron chi connectivity index (χ1n) is 10.8. The Morgan fingerprint density at radius 1 is 1.20 bits per heavy atom. The number of anilines is 2. The van der Waals surface area contributed by atoms with Gasteiger partial charge < -0.3 is 28.9 Å². The Morgan fingerprint density at radius 3 is 2.57 bits per heavy atom. The molecule has 0 bridgehead atoms. The molecular formula is C23H32N4O3. The molecule has 0 unspecified atom stereocenters. The van der Waals surface area contributed by atoms with Gasteiger partial charge in [0.15, 0.2) is 6.29 Å². The molecule has 1 aromatic carbocycles. The van der Waals surface area contributed by atoms with Crippen molar-refractivity contribution in [2.45, 2.75) is 32.6 Å². The lowest BCUT2D eigenvalue weighted by atomic mass is 9.82. The van der Waals surface area contributed by atoms with E-state index >= 15 is 0 Å². The number of aromatic nitrogens is 2. The summed E-state index contributed by atoms with van der Waals surface area (Å²) in [6, 6.07) is 6.52. The van der Waals surface area contributed by atoms with Crippen LogP contribution < -0.4 is 9.80 Å². The van der Waals surface area contributed by atoms with E-state index in [1.165, 1.54) is 18.5 Å². The van der Waals surface area contributed by atoms with E-state index in [2.05, 4.69) is 64.8 Å². The summed E-state index contributed by atoms with van der Waals surface area (Å²) >= 11 is 0. The van der Waals surface area contributed by atoms with Gasteiger partial charge in [-0.25, -0.2) is 4.98 Å². The van der Waals surface area contributed by atoms with Crippen LogP contribution in [0.4, 0.5) is 11.4 Å². The second-order valence-corrected chi connectivity index (χ2v) is 9.93. The largest absolute Gasteiger partial charge is 0.396 e. The Morgan fingerprint density at radius 2 is 1.93 bits per heavy atom. The van der Waals surface area contributed by atoms with Gasteiger partial charge in [0.1, 0.15) is 0 Å². The van der Waals surface area contributed by atoms with Crippen LogP contribution in [-0.2, 0) is 16.0 Å². The summed E-state index contributed by atoms with van der Waals surface area (Å²) in [6.45, 7) is 6.41. The maximum Gasteiger partial charge on any atom is 0.175 e. The molecule has 1 aromatic heterocycles. The Labute approximate surface area is 178 Å². The second-order valence-electron chi connectivity index (χ2n) is 9.93. The number of nitrogens with zero attached hydrogens (tertiary/aromatic N) is 4. The van der Waals surface area contributed by atoms with E-state index in [-0.39, 0.29) is 18.3 Å². The molecular weight excluding hydrogens is 380 g/mol. The molecule has 1 N–H and O–H groups in total. The molecule has 3 heterocycles. The minimum Gasteiger partial charge on any atom is -0.396 e. The van der Waals surface area contributed by atoms with E-state index in [0.717, 1.165) is 43.2 Å². The molecule has 2 aromatic rings. The number of benzene rings is 1. The number of ether oxygens (including phenoxy) is 2. The zero-order valence-corrected chi connectivity index (χ0v) is 18.2. The fraction of sp³-hybridized carbons (Fsp3) is 0.609. The summed E-state index contributed by atoms with van der Waals surface area (Å²) in [6.07, 6.45) is 6.20. The van der Waals surface area contributed by atoms with E-state index < -0.39 is 0 Å². The summed E-state index contributed by atoms with van der Waals surface area (Å²) in [4.78, 5) is 9.11. The molecule has 0 radical (unpaired) electrons. The van der Waals surface area contributed by atoms with Crippen molar-refractivity contribution in [1.29, 1.82) is 0 Å². The molecule has 30 heavy (non-hydrogen) atoms. The molecule has 0 atom stereocenters. The summed E-state index contributed by atoms with van der Waals surface area (Å²) in [5, 5.41) is 9.53. The Hall–Kier alpha value is -2.09. The first-order valence-corrected chi connectivity index (χ1v) is 10.8. The lowest BCUT2D eigenvalue weighted by Gasteiger charge is -2.48. The quantitative estimate of drug-likeness (QED) is 0.787. The Balaban J connectivity index is 1.30.